The summed E-state index contributed by atoms with van der Waals surface area (Å²) in [6.07, 6.45) is 4.95. The van der Waals surface area contributed by atoms with Gasteiger partial charge in [-0.1, -0.05) is 30.3 Å². The van der Waals surface area contributed by atoms with Crippen LogP contribution in [0.3, 0.4) is 0 Å². The quantitative estimate of drug-likeness (QED) is 0.570. The van der Waals surface area contributed by atoms with Crippen molar-refractivity contribution < 1.29 is 0 Å². The van der Waals surface area contributed by atoms with Crippen LogP contribution in [0.2, 0.25) is 0 Å². The van der Waals surface area contributed by atoms with Crippen LogP contribution in [0.15, 0.2) is 48.0 Å². The highest BCUT2D eigenvalue weighted by molar-refractivity contribution is 5.87. The smallest absolute Gasteiger partial charge is 0.163 e. The number of nitrogens with one attached hydrogen (secondary N) is 1. The lowest BCUT2D eigenvalue weighted by molar-refractivity contribution is 0.785. The summed E-state index contributed by atoms with van der Waals surface area (Å²) in [4.78, 5) is 8.33. The van der Waals surface area contributed by atoms with Crippen molar-refractivity contribution >= 4 is 23.1 Å². The number of hydrogen-bond donors (Lipinski definition) is 1. The Kier molecular flexibility index (Phi) is 2.89. The second kappa shape index (κ2) is 4.85. The van der Waals surface area contributed by atoms with E-state index in [1.54, 1.807) is 17.1 Å². The average molecular weight is 252 g/mol. The molecule has 0 bridgehead atoms. The summed E-state index contributed by atoms with van der Waals surface area (Å²) in [5.74, 6) is 0.644. The molecule has 0 unspecified atom stereocenters. The fourth-order valence-electron chi connectivity index (χ4n) is 1.76. The highest BCUT2D eigenvalue weighted by Gasteiger charge is 2.06. The molecule has 0 amide bonds. The molecule has 0 fully saturated rings. The van der Waals surface area contributed by atoms with Crippen LogP contribution in [0.4, 0.5) is 5.82 Å². The normalized spacial score (nSPS) is 11.2. The van der Waals surface area contributed by atoms with E-state index in [0.717, 1.165) is 16.6 Å². The van der Waals surface area contributed by atoms with E-state index in [2.05, 4.69) is 25.6 Å². The number of rotatable bonds is 3. The van der Waals surface area contributed by atoms with Gasteiger partial charge in [0.1, 0.15) is 6.33 Å². The molecule has 0 atom stereocenters. The lowest BCUT2D eigenvalue weighted by Crippen LogP contribution is -1.97. The van der Waals surface area contributed by atoms with Crippen molar-refractivity contribution in [1.29, 1.82) is 0 Å². The van der Waals surface area contributed by atoms with Gasteiger partial charge in [-0.3, -0.25) is 10.1 Å². The summed E-state index contributed by atoms with van der Waals surface area (Å²) in [7, 11) is 1.84. The number of aryl methyl sites for hydroxylation is 1. The molecule has 19 heavy (non-hydrogen) atoms. The summed E-state index contributed by atoms with van der Waals surface area (Å²) in [6, 6.07) is 9.85. The van der Waals surface area contributed by atoms with E-state index in [4.69, 9.17) is 0 Å². The van der Waals surface area contributed by atoms with Crippen molar-refractivity contribution in [2.45, 2.75) is 0 Å². The van der Waals surface area contributed by atoms with Gasteiger partial charge >= 0.3 is 0 Å². The third-order valence-electron chi connectivity index (χ3n) is 2.71. The Hall–Kier alpha value is -2.76. The summed E-state index contributed by atoms with van der Waals surface area (Å²) < 4.78 is 1.70. The molecule has 6 nitrogen and oxygen atoms in total. The maximum atomic E-state index is 4.17. The van der Waals surface area contributed by atoms with Crippen LogP contribution in [-0.2, 0) is 7.05 Å². The van der Waals surface area contributed by atoms with Crippen molar-refractivity contribution in [2.24, 2.45) is 12.1 Å². The van der Waals surface area contributed by atoms with Crippen molar-refractivity contribution in [3.05, 3.63) is 48.4 Å². The average Bonchev–Trinajstić information content (AvgIpc) is 2.83. The van der Waals surface area contributed by atoms with Gasteiger partial charge in [0.15, 0.2) is 11.5 Å². The van der Waals surface area contributed by atoms with Crippen LogP contribution in [0.1, 0.15) is 5.56 Å². The van der Waals surface area contributed by atoms with E-state index in [9.17, 15) is 0 Å². The SMILES string of the molecule is Cn1ncc2c(NN=Cc3ccccc3)ncnc21. The molecule has 3 rings (SSSR count). The van der Waals surface area contributed by atoms with Crippen LogP contribution >= 0.6 is 0 Å². The van der Waals surface area contributed by atoms with Crippen LogP contribution in [0, 0.1) is 0 Å². The molecule has 3 aromatic rings. The van der Waals surface area contributed by atoms with E-state index >= 15 is 0 Å². The molecule has 94 valence electrons. The Bertz CT molecular complexity index is 716. The molecule has 2 aromatic heterocycles. The molecule has 0 saturated carbocycles. The minimum Gasteiger partial charge on any atom is -0.261 e. The number of fused-ring (bicyclic) bond motifs is 1. The first kappa shape index (κ1) is 11.3. The van der Waals surface area contributed by atoms with E-state index in [1.807, 2.05) is 37.4 Å². The molecule has 0 saturated heterocycles. The lowest BCUT2D eigenvalue weighted by Gasteiger charge is -2.00. The molecule has 0 aliphatic carbocycles. The highest BCUT2D eigenvalue weighted by Crippen LogP contribution is 2.17. The topological polar surface area (TPSA) is 68.0 Å². The van der Waals surface area contributed by atoms with Gasteiger partial charge in [0.25, 0.3) is 0 Å². The first-order chi connectivity index (χ1) is 9.34. The molecular weight excluding hydrogens is 240 g/mol. The Morgan fingerprint density at radius 1 is 1.21 bits per heavy atom. The predicted octanol–water partition coefficient (Wildman–Crippen LogP) is 1.81. The van der Waals surface area contributed by atoms with Gasteiger partial charge in [0.05, 0.1) is 17.8 Å². The largest absolute Gasteiger partial charge is 0.261 e. The van der Waals surface area contributed by atoms with E-state index in [0.29, 0.717) is 5.82 Å². The predicted molar refractivity (Wildman–Crippen MR) is 74.0 cm³/mol. The van der Waals surface area contributed by atoms with Crippen molar-refractivity contribution in [3.63, 3.8) is 0 Å². The summed E-state index contributed by atoms with van der Waals surface area (Å²) in [6.45, 7) is 0. The molecule has 1 aromatic carbocycles. The van der Waals surface area contributed by atoms with Crippen LogP contribution in [-0.4, -0.2) is 26.0 Å². The summed E-state index contributed by atoms with van der Waals surface area (Å²) in [5.41, 5.74) is 4.71. The number of benzene rings is 1. The molecule has 0 aliphatic rings. The molecule has 2 heterocycles. The van der Waals surface area contributed by atoms with Gasteiger partial charge in [-0.25, -0.2) is 9.97 Å². The lowest BCUT2D eigenvalue weighted by atomic mass is 10.2. The van der Waals surface area contributed by atoms with Crippen molar-refractivity contribution in [2.75, 3.05) is 5.43 Å². The minimum absolute atomic E-state index is 0.644. The Labute approximate surface area is 109 Å². The zero-order valence-corrected chi connectivity index (χ0v) is 10.4. The van der Waals surface area contributed by atoms with Gasteiger partial charge in [-0.15, -0.1) is 0 Å². The van der Waals surface area contributed by atoms with Gasteiger partial charge < -0.3 is 0 Å². The molecule has 0 aliphatic heterocycles. The second-order valence-electron chi connectivity index (χ2n) is 4.01. The van der Waals surface area contributed by atoms with Crippen LogP contribution < -0.4 is 5.43 Å². The third kappa shape index (κ3) is 2.28. The highest BCUT2D eigenvalue weighted by atomic mass is 15.3. The number of hydrazone groups is 1. The van der Waals surface area contributed by atoms with Gasteiger partial charge in [0, 0.05) is 7.05 Å². The van der Waals surface area contributed by atoms with Gasteiger partial charge in [-0.2, -0.15) is 10.2 Å². The maximum Gasteiger partial charge on any atom is 0.163 e. The van der Waals surface area contributed by atoms with Crippen LogP contribution in [0.5, 0.6) is 0 Å². The first-order valence-corrected chi connectivity index (χ1v) is 5.81. The maximum absolute atomic E-state index is 4.17. The molecule has 0 radical (unpaired) electrons. The summed E-state index contributed by atoms with van der Waals surface area (Å²) in [5, 5.41) is 9.16. The fourth-order valence-corrected chi connectivity index (χ4v) is 1.76. The Balaban J connectivity index is 1.84. The molecule has 1 N–H and O–H groups in total. The Morgan fingerprint density at radius 2 is 2.05 bits per heavy atom. The van der Waals surface area contributed by atoms with Gasteiger partial charge in [0.2, 0.25) is 0 Å². The van der Waals surface area contributed by atoms with Crippen molar-refractivity contribution in [3.8, 4) is 0 Å². The minimum atomic E-state index is 0.644. The number of aromatic nitrogens is 4. The van der Waals surface area contributed by atoms with E-state index < -0.39 is 0 Å². The zero-order chi connectivity index (χ0) is 13.1. The van der Waals surface area contributed by atoms with E-state index in [-0.39, 0.29) is 0 Å². The first-order valence-electron chi connectivity index (χ1n) is 5.81. The number of nitrogens with zero attached hydrogens (tertiary/aromatic N) is 5. The summed E-state index contributed by atoms with van der Waals surface area (Å²) >= 11 is 0. The number of anilines is 1. The van der Waals surface area contributed by atoms with E-state index in [1.165, 1.54) is 6.33 Å². The van der Waals surface area contributed by atoms with Crippen molar-refractivity contribution in [1.82, 2.24) is 19.7 Å². The number of hydrogen-bond acceptors (Lipinski definition) is 5. The monoisotopic (exact) mass is 252 g/mol. The van der Waals surface area contributed by atoms with Crippen LogP contribution in [0.25, 0.3) is 11.0 Å². The molecule has 0 spiro atoms. The Morgan fingerprint density at radius 3 is 2.89 bits per heavy atom. The fraction of sp³-hybridized carbons (Fsp3) is 0.0769. The third-order valence-corrected chi connectivity index (χ3v) is 2.71. The van der Waals surface area contributed by atoms with Gasteiger partial charge in [-0.05, 0) is 5.56 Å². The second-order valence-corrected chi connectivity index (χ2v) is 4.01. The molecule has 6 heteroatoms. The standard InChI is InChI=1S/C13H12N6/c1-19-13-11(8-17-19)12(14-9-15-13)18-16-7-10-5-3-2-4-6-10/h2-9H,1H3,(H,14,15,18). The zero-order valence-electron chi connectivity index (χ0n) is 10.4. The molecular formula is C13H12N6.